The molecule has 1 heterocycles. The lowest BCUT2D eigenvalue weighted by molar-refractivity contribution is -0.142. The molecule has 3 rings (SSSR count). The maximum absolute atomic E-state index is 14.2. The van der Waals surface area contributed by atoms with Gasteiger partial charge in [0, 0.05) is 44.8 Å². The van der Waals surface area contributed by atoms with E-state index < -0.39 is 58.9 Å². The Bertz CT molecular complexity index is 1450. The number of amides is 2. The third-order valence-electron chi connectivity index (χ3n) is 8.14. The number of aliphatic hydroxyl groups excluding tert-OH is 1. The van der Waals surface area contributed by atoms with Crippen LogP contribution in [0.3, 0.4) is 0 Å². The van der Waals surface area contributed by atoms with Crippen molar-refractivity contribution in [2.24, 2.45) is 5.92 Å². The van der Waals surface area contributed by atoms with Gasteiger partial charge in [-0.3, -0.25) is 9.59 Å². The van der Waals surface area contributed by atoms with Crippen molar-refractivity contribution in [2.75, 3.05) is 38.7 Å². The predicted molar refractivity (Wildman–Crippen MR) is 172 cm³/mol. The summed E-state index contributed by atoms with van der Waals surface area (Å²) in [5.74, 6) is -1.57. The summed E-state index contributed by atoms with van der Waals surface area (Å²) < 4.78 is 78.4. The number of alkyl halides is 3. The van der Waals surface area contributed by atoms with E-state index in [9.17, 15) is 36.3 Å². The van der Waals surface area contributed by atoms with Gasteiger partial charge in [0.1, 0.15) is 5.75 Å². The number of halogens is 3. The number of benzene rings is 2. The summed E-state index contributed by atoms with van der Waals surface area (Å²) in [5, 5.41) is 12.6. The van der Waals surface area contributed by atoms with Crippen molar-refractivity contribution in [1.82, 2.24) is 9.21 Å². The molecule has 2 N–H and O–H groups in total. The van der Waals surface area contributed by atoms with Gasteiger partial charge in [-0.1, -0.05) is 24.6 Å². The smallest absolute Gasteiger partial charge is 0.389 e. The second-order valence-corrected chi connectivity index (χ2v) is 14.3. The molecule has 4 atom stereocenters. The molecule has 0 bridgehead atoms. The average Bonchev–Trinajstić information content (AvgIpc) is 3.01. The second kappa shape index (κ2) is 16.8. The van der Waals surface area contributed by atoms with E-state index in [1.807, 2.05) is 20.8 Å². The summed E-state index contributed by atoms with van der Waals surface area (Å²) in [6.07, 6.45) is -5.46. The lowest BCUT2D eigenvalue weighted by Crippen LogP contribution is -2.48. The first kappa shape index (κ1) is 38.2. The highest BCUT2D eigenvalue weighted by molar-refractivity contribution is 7.89. The molecular formula is C33H46F3N3O7S. The largest absolute Gasteiger partial charge is 0.490 e. The van der Waals surface area contributed by atoms with E-state index in [-0.39, 0.29) is 47.7 Å². The van der Waals surface area contributed by atoms with Crippen LogP contribution < -0.4 is 10.1 Å². The summed E-state index contributed by atoms with van der Waals surface area (Å²) in [6, 6.07) is 10.2. The molecule has 0 saturated carbocycles. The first-order valence-electron chi connectivity index (χ1n) is 15.8. The van der Waals surface area contributed by atoms with Gasteiger partial charge in [-0.25, -0.2) is 8.42 Å². The minimum atomic E-state index is -4.49. The fraction of sp³-hybridized carbons (Fsp3) is 0.576. The van der Waals surface area contributed by atoms with Crippen LogP contribution in [0.5, 0.6) is 5.75 Å². The highest BCUT2D eigenvalue weighted by Gasteiger charge is 2.33. The van der Waals surface area contributed by atoms with Crippen LogP contribution in [0.1, 0.15) is 68.8 Å². The minimum Gasteiger partial charge on any atom is -0.490 e. The minimum absolute atomic E-state index is 0.0110. The van der Waals surface area contributed by atoms with Crippen LogP contribution in [0.4, 0.5) is 18.9 Å². The van der Waals surface area contributed by atoms with Gasteiger partial charge < -0.3 is 24.8 Å². The van der Waals surface area contributed by atoms with E-state index in [2.05, 4.69) is 5.32 Å². The molecule has 0 aliphatic carbocycles. The number of sulfonamides is 1. The molecular weight excluding hydrogens is 639 g/mol. The summed E-state index contributed by atoms with van der Waals surface area (Å²) in [6.45, 7) is 7.26. The topological polar surface area (TPSA) is 125 Å². The highest BCUT2D eigenvalue weighted by Crippen LogP contribution is 2.29. The van der Waals surface area contributed by atoms with Crippen molar-refractivity contribution < 1.29 is 45.8 Å². The van der Waals surface area contributed by atoms with Crippen molar-refractivity contribution in [1.29, 1.82) is 0 Å². The summed E-state index contributed by atoms with van der Waals surface area (Å²) in [5.41, 5.74) is 1.11. The normalized spacial score (nSPS) is 21.0. The molecule has 0 unspecified atom stereocenters. The number of nitrogens with zero attached hydrogens (tertiary/aromatic N) is 2. The van der Waals surface area contributed by atoms with Crippen molar-refractivity contribution >= 4 is 27.5 Å². The van der Waals surface area contributed by atoms with Crippen molar-refractivity contribution in [3.63, 3.8) is 0 Å². The lowest BCUT2D eigenvalue weighted by atomic mass is 10.0. The van der Waals surface area contributed by atoms with Crippen molar-refractivity contribution in [3.05, 3.63) is 53.6 Å². The Morgan fingerprint density at radius 1 is 1.15 bits per heavy atom. The van der Waals surface area contributed by atoms with Crippen LogP contribution in [-0.4, -0.2) is 92.3 Å². The van der Waals surface area contributed by atoms with E-state index in [0.717, 1.165) is 12.0 Å². The van der Waals surface area contributed by atoms with Crippen LogP contribution in [0.2, 0.25) is 0 Å². The van der Waals surface area contributed by atoms with Gasteiger partial charge in [0.25, 0.3) is 5.91 Å². The Kier molecular flexibility index (Phi) is 13.6. The predicted octanol–water partition coefficient (Wildman–Crippen LogP) is 5.39. The molecule has 262 valence electrons. The average molecular weight is 686 g/mol. The van der Waals surface area contributed by atoms with E-state index in [1.165, 1.54) is 34.5 Å². The number of carbonyl (C=O) groups is 2. The zero-order valence-corrected chi connectivity index (χ0v) is 28.4. The van der Waals surface area contributed by atoms with Crippen LogP contribution >= 0.6 is 0 Å². The van der Waals surface area contributed by atoms with E-state index in [4.69, 9.17) is 9.47 Å². The molecule has 0 saturated heterocycles. The van der Waals surface area contributed by atoms with Gasteiger partial charge in [0.2, 0.25) is 15.9 Å². The van der Waals surface area contributed by atoms with Gasteiger partial charge in [0.05, 0.1) is 41.7 Å². The number of hydrogen-bond donors (Lipinski definition) is 2. The number of hydrogen-bond acceptors (Lipinski definition) is 7. The second-order valence-electron chi connectivity index (χ2n) is 12.3. The number of ether oxygens (including phenoxy) is 2. The first-order chi connectivity index (χ1) is 22.0. The van der Waals surface area contributed by atoms with Crippen LogP contribution in [0.15, 0.2) is 47.4 Å². The fourth-order valence-electron chi connectivity index (χ4n) is 5.18. The maximum atomic E-state index is 14.2. The number of nitrogens with one attached hydrogen (secondary N) is 1. The Labute approximate surface area is 275 Å². The van der Waals surface area contributed by atoms with Gasteiger partial charge in [-0.15, -0.1) is 0 Å². The molecule has 0 aromatic heterocycles. The molecule has 47 heavy (non-hydrogen) atoms. The summed E-state index contributed by atoms with van der Waals surface area (Å²) in [4.78, 5) is 28.0. The van der Waals surface area contributed by atoms with Crippen molar-refractivity contribution in [3.8, 4) is 5.75 Å². The molecule has 10 nitrogen and oxygen atoms in total. The van der Waals surface area contributed by atoms with Gasteiger partial charge in [-0.05, 0) is 70.4 Å². The lowest BCUT2D eigenvalue weighted by Gasteiger charge is -2.35. The molecule has 2 amide bonds. The van der Waals surface area contributed by atoms with Crippen molar-refractivity contribution in [2.45, 2.75) is 89.1 Å². The molecule has 0 fully saturated rings. The molecule has 2 aromatic carbocycles. The highest BCUT2D eigenvalue weighted by atomic mass is 32.2. The molecule has 1 aliphatic rings. The SMILES string of the molecule is Cc1ccc(S(=O)(=O)N(C)C[C@@H]2OCCCC[C@@H](C)Oc3ccc(NC(=O)CCC(F)(F)F)cc3C(=O)N([C@H](C)CO)C[C@H]2C)cc1. The standard InChI is InChI=1S/C33H46F3N3O7S/c1-22-9-12-27(13-10-22)47(43,44)38(5)20-30-23(2)19-39(24(3)21-40)32(42)28-18-26(37-31(41)15-16-33(34,35)36)11-14-29(28)46-25(4)8-6-7-17-45-30/h9-14,18,23-25,30,40H,6-8,15-17,19-21H2,1-5H3,(H,37,41)/t23-,24-,25-,30+/m1/s1. The number of carbonyl (C=O) groups excluding carboxylic acids is 2. The Balaban J connectivity index is 1.94. The Morgan fingerprint density at radius 2 is 1.83 bits per heavy atom. The zero-order chi connectivity index (χ0) is 34.9. The number of rotatable bonds is 9. The fourth-order valence-corrected chi connectivity index (χ4v) is 6.37. The maximum Gasteiger partial charge on any atom is 0.389 e. The number of likely N-dealkylation sites (N-methyl/N-ethyl adjacent to an activating group) is 1. The van der Waals surface area contributed by atoms with E-state index in [0.29, 0.717) is 19.4 Å². The molecule has 14 heteroatoms. The van der Waals surface area contributed by atoms with Gasteiger partial charge in [-0.2, -0.15) is 17.5 Å². The number of fused-ring (bicyclic) bond motifs is 1. The quantitative estimate of drug-likeness (QED) is 0.363. The van der Waals surface area contributed by atoms with Gasteiger partial charge >= 0.3 is 6.18 Å². The van der Waals surface area contributed by atoms with Crippen LogP contribution in [0, 0.1) is 12.8 Å². The summed E-state index contributed by atoms with van der Waals surface area (Å²) in [7, 11) is -2.36. The van der Waals surface area contributed by atoms with E-state index in [1.54, 1.807) is 31.2 Å². The first-order valence-corrected chi connectivity index (χ1v) is 17.2. The number of aryl methyl sites for hydroxylation is 1. The van der Waals surface area contributed by atoms with Crippen LogP contribution in [0.25, 0.3) is 0 Å². The Hall–Kier alpha value is -3.20. The van der Waals surface area contributed by atoms with E-state index >= 15 is 0 Å². The molecule has 2 aromatic rings. The zero-order valence-electron chi connectivity index (χ0n) is 27.5. The summed E-state index contributed by atoms with van der Waals surface area (Å²) >= 11 is 0. The number of anilines is 1. The molecule has 0 spiro atoms. The molecule has 1 aliphatic heterocycles. The van der Waals surface area contributed by atoms with Gasteiger partial charge in [0.15, 0.2) is 0 Å². The Morgan fingerprint density at radius 3 is 2.47 bits per heavy atom. The monoisotopic (exact) mass is 685 g/mol. The molecule has 0 radical (unpaired) electrons. The third kappa shape index (κ3) is 11.2. The van der Waals surface area contributed by atoms with Crippen LogP contribution in [-0.2, 0) is 19.6 Å². The third-order valence-corrected chi connectivity index (χ3v) is 9.97. The number of aliphatic hydroxyl groups is 1.